The summed E-state index contributed by atoms with van der Waals surface area (Å²) in [6.45, 7) is 5.14. The topological polar surface area (TPSA) is 26.3 Å². The summed E-state index contributed by atoms with van der Waals surface area (Å²) in [6, 6.07) is 0. The minimum absolute atomic E-state index is 0.204. The maximum atomic E-state index is 12.1. The second-order valence-electron chi connectivity index (χ2n) is 5.55. The van der Waals surface area contributed by atoms with Gasteiger partial charge in [-0.05, 0) is 19.3 Å². The van der Waals surface area contributed by atoms with Crippen molar-refractivity contribution >= 4 is 5.78 Å². The highest BCUT2D eigenvalue weighted by Gasteiger charge is 2.31. The van der Waals surface area contributed by atoms with Crippen molar-refractivity contribution in [3.05, 3.63) is 0 Å². The summed E-state index contributed by atoms with van der Waals surface area (Å²) in [7, 11) is 0. The van der Waals surface area contributed by atoms with E-state index in [1.807, 2.05) is 0 Å². The zero-order chi connectivity index (χ0) is 13.2. The number of hydrogen-bond donors (Lipinski definition) is 0. The van der Waals surface area contributed by atoms with Gasteiger partial charge in [0.15, 0.2) is 0 Å². The van der Waals surface area contributed by atoms with Crippen molar-refractivity contribution in [2.45, 2.75) is 84.2 Å². The Labute approximate surface area is 112 Å². The van der Waals surface area contributed by atoms with E-state index in [0.29, 0.717) is 5.78 Å². The minimum Gasteiger partial charge on any atom is -0.377 e. The smallest absolute Gasteiger partial charge is 0.138 e. The molecular weight excluding hydrogens is 224 g/mol. The predicted octanol–water partition coefficient (Wildman–Crippen LogP) is 4.51. The highest BCUT2D eigenvalue weighted by Crippen LogP contribution is 2.26. The molecule has 0 bridgehead atoms. The maximum Gasteiger partial charge on any atom is 0.138 e. The first-order chi connectivity index (χ1) is 8.79. The lowest BCUT2D eigenvalue weighted by molar-refractivity contribution is -0.124. The molecule has 2 unspecified atom stereocenters. The molecule has 0 aromatic rings. The van der Waals surface area contributed by atoms with Crippen LogP contribution in [0.3, 0.4) is 0 Å². The lowest BCUT2D eigenvalue weighted by Crippen LogP contribution is -2.23. The van der Waals surface area contributed by atoms with Crippen LogP contribution in [0.2, 0.25) is 0 Å². The van der Waals surface area contributed by atoms with Crippen LogP contribution in [0.4, 0.5) is 0 Å². The molecule has 1 aliphatic rings. The van der Waals surface area contributed by atoms with Gasteiger partial charge in [-0.25, -0.2) is 0 Å². The molecule has 0 aliphatic carbocycles. The molecule has 1 rings (SSSR count). The molecule has 0 radical (unpaired) electrons. The second-order valence-corrected chi connectivity index (χ2v) is 5.55. The molecule has 1 saturated heterocycles. The molecular formula is C16H30O2. The van der Waals surface area contributed by atoms with Crippen LogP contribution in [0.25, 0.3) is 0 Å². The quantitative estimate of drug-likeness (QED) is 0.536. The summed E-state index contributed by atoms with van der Waals surface area (Å²) < 4.78 is 5.59. The van der Waals surface area contributed by atoms with E-state index < -0.39 is 0 Å². The van der Waals surface area contributed by atoms with E-state index in [2.05, 4.69) is 13.8 Å². The maximum absolute atomic E-state index is 12.1. The second kappa shape index (κ2) is 9.55. The van der Waals surface area contributed by atoms with Gasteiger partial charge in [0, 0.05) is 18.9 Å². The Bertz CT molecular complexity index is 225. The van der Waals surface area contributed by atoms with E-state index in [4.69, 9.17) is 4.74 Å². The van der Waals surface area contributed by atoms with Crippen LogP contribution >= 0.6 is 0 Å². The van der Waals surface area contributed by atoms with Gasteiger partial charge in [-0.2, -0.15) is 0 Å². The Balaban J connectivity index is 2.03. The van der Waals surface area contributed by atoms with Crippen molar-refractivity contribution in [3.8, 4) is 0 Å². The molecule has 0 saturated carbocycles. The fourth-order valence-corrected chi connectivity index (χ4v) is 2.86. The van der Waals surface area contributed by atoms with Gasteiger partial charge in [-0.1, -0.05) is 52.4 Å². The number of ketones is 1. The number of unbranched alkanes of at least 4 members (excludes halogenated alkanes) is 6. The molecule has 1 aliphatic heterocycles. The number of hydrogen-bond acceptors (Lipinski definition) is 2. The van der Waals surface area contributed by atoms with Crippen LogP contribution in [0.15, 0.2) is 0 Å². The van der Waals surface area contributed by atoms with Gasteiger partial charge in [0.05, 0.1) is 6.10 Å². The molecule has 0 aromatic heterocycles. The number of Topliss-reactive ketones (excluding diaryl/α,β-unsaturated/α-hetero) is 1. The van der Waals surface area contributed by atoms with Crippen LogP contribution in [0.5, 0.6) is 0 Å². The number of ether oxygens (including phenoxy) is 1. The number of rotatable bonds is 10. The first-order valence-corrected chi connectivity index (χ1v) is 7.93. The normalized spacial score (nSPS) is 23.4. The number of carbonyl (C=O) groups is 1. The molecule has 0 spiro atoms. The zero-order valence-electron chi connectivity index (χ0n) is 12.2. The lowest BCUT2D eigenvalue weighted by atomic mass is 9.91. The molecule has 2 atom stereocenters. The molecule has 1 heterocycles. The highest BCUT2D eigenvalue weighted by molar-refractivity contribution is 5.81. The van der Waals surface area contributed by atoms with E-state index in [1.54, 1.807) is 0 Å². The summed E-state index contributed by atoms with van der Waals surface area (Å²) in [6.07, 6.45) is 11.9. The van der Waals surface area contributed by atoms with Gasteiger partial charge in [0.25, 0.3) is 0 Å². The highest BCUT2D eigenvalue weighted by atomic mass is 16.5. The van der Waals surface area contributed by atoms with Crippen molar-refractivity contribution in [2.75, 3.05) is 6.61 Å². The van der Waals surface area contributed by atoms with Crippen molar-refractivity contribution in [2.24, 2.45) is 5.92 Å². The monoisotopic (exact) mass is 254 g/mol. The van der Waals surface area contributed by atoms with Gasteiger partial charge in [0.2, 0.25) is 0 Å². The van der Waals surface area contributed by atoms with Crippen molar-refractivity contribution < 1.29 is 9.53 Å². The Morgan fingerprint density at radius 2 is 1.72 bits per heavy atom. The minimum atomic E-state index is 0.204. The van der Waals surface area contributed by atoms with Gasteiger partial charge >= 0.3 is 0 Å². The van der Waals surface area contributed by atoms with E-state index >= 15 is 0 Å². The summed E-state index contributed by atoms with van der Waals surface area (Å²) in [4.78, 5) is 12.1. The van der Waals surface area contributed by atoms with Crippen LogP contribution in [0.1, 0.15) is 78.1 Å². The average Bonchev–Trinajstić information content (AvgIpc) is 2.85. The van der Waals surface area contributed by atoms with Gasteiger partial charge in [-0.15, -0.1) is 0 Å². The molecule has 0 N–H and O–H groups in total. The van der Waals surface area contributed by atoms with Crippen LogP contribution in [-0.2, 0) is 9.53 Å². The fourth-order valence-electron chi connectivity index (χ4n) is 2.86. The van der Waals surface area contributed by atoms with Crippen molar-refractivity contribution in [1.82, 2.24) is 0 Å². The van der Waals surface area contributed by atoms with E-state index in [1.165, 1.54) is 38.5 Å². The lowest BCUT2D eigenvalue weighted by Gasteiger charge is -2.15. The van der Waals surface area contributed by atoms with Crippen molar-refractivity contribution in [1.29, 1.82) is 0 Å². The standard InChI is InChI=1S/C16H30O2/c1-3-5-6-7-8-9-10-11-15(17)14-12-13-18-16(14)4-2/h14,16H,3-13H2,1-2H3. The molecule has 0 aromatic carbocycles. The van der Waals surface area contributed by atoms with Gasteiger partial charge in [0.1, 0.15) is 5.78 Å². The van der Waals surface area contributed by atoms with Crippen molar-refractivity contribution in [3.63, 3.8) is 0 Å². The summed E-state index contributed by atoms with van der Waals surface area (Å²) >= 11 is 0. The Kier molecular flexibility index (Phi) is 8.32. The summed E-state index contributed by atoms with van der Waals surface area (Å²) in [5.74, 6) is 0.656. The van der Waals surface area contributed by atoms with E-state index in [9.17, 15) is 4.79 Å². The Hall–Kier alpha value is -0.370. The third-order valence-corrected chi connectivity index (χ3v) is 4.05. The molecule has 106 valence electrons. The third kappa shape index (κ3) is 5.51. The third-order valence-electron chi connectivity index (χ3n) is 4.05. The molecule has 1 fully saturated rings. The summed E-state index contributed by atoms with van der Waals surface area (Å²) in [5, 5.41) is 0. The van der Waals surface area contributed by atoms with Crippen LogP contribution in [-0.4, -0.2) is 18.5 Å². The van der Waals surface area contributed by atoms with E-state index in [0.717, 1.165) is 32.3 Å². The molecule has 0 amide bonds. The Morgan fingerprint density at radius 3 is 2.39 bits per heavy atom. The Morgan fingerprint density at radius 1 is 1.06 bits per heavy atom. The first-order valence-electron chi connectivity index (χ1n) is 7.93. The zero-order valence-corrected chi connectivity index (χ0v) is 12.2. The van der Waals surface area contributed by atoms with Crippen LogP contribution in [0, 0.1) is 5.92 Å². The molecule has 2 heteroatoms. The van der Waals surface area contributed by atoms with Gasteiger partial charge < -0.3 is 4.74 Å². The molecule has 18 heavy (non-hydrogen) atoms. The van der Waals surface area contributed by atoms with E-state index in [-0.39, 0.29) is 12.0 Å². The predicted molar refractivity (Wildman–Crippen MR) is 75.8 cm³/mol. The largest absolute Gasteiger partial charge is 0.377 e. The fraction of sp³-hybridized carbons (Fsp3) is 0.938. The van der Waals surface area contributed by atoms with Crippen LogP contribution < -0.4 is 0 Å². The number of carbonyl (C=O) groups excluding carboxylic acids is 1. The average molecular weight is 254 g/mol. The SMILES string of the molecule is CCCCCCCCCC(=O)C1CCOC1CC. The summed E-state index contributed by atoms with van der Waals surface area (Å²) in [5.41, 5.74) is 0. The van der Waals surface area contributed by atoms with Gasteiger partial charge in [-0.3, -0.25) is 4.79 Å². The first kappa shape index (κ1) is 15.7. The molecule has 2 nitrogen and oxygen atoms in total.